The molecule has 3 nitrogen and oxygen atoms in total. The fourth-order valence-electron chi connectivity index (χ4n) is 1.45. The summed E-state index contributed by atoms with van der Waals surface area (Å²) in [6.45, 7) is 0.358. The van der Waals surface area contributed by atoms with Crippen molar-refractivity contribution in [3.8, 4) is 5.75 Å². The van der Waals surface area contributed by atoms with E-state index < -0.39 is 5.82 Å². The molecule has 0 radical (unpaired) electrons. The van der Waals surface area contributed by atoms with Crippen molar-refractivity contribution < 1.29 is 9.50 Å². The Labute approximate surface area is 103 Å². The SMILES string of the molecule is Oc1cc(F)cc(CNc2cccnc2Cl)c1. The molecule has 0 aliphatic rings. The van der Waals surface area contributed by atoms with Crippen molar-refractivity contribution in [3.05, 3.63) is 53.1 Å². The summed E-state index contributed by atoms with van der Waals surface area (Å²) in [4.78, 5) is 3.91. The molecule has 0 atom stereocenters. The van der Waals surface area contributed by atoms with Crippen LogP contribution in [0.15, 0.2) is 36.5 Å². The molecule has 1 aromatic carbocycles. The number of rotatable bonds is 3. The Morgan fingerprint density at radius 3 is 2.88 bits per heavy atom. The summed E-state index contributed by atoms with van der Waals surface area (Å²) in [5, 5.41) is 12.6. The van der Waals surface area contributed by atoms with Crippen LogP contribution in [0.1, 0.15) is 5.56 Å². The number of benzene rings is 1. The molecular formula is C12H10ClFN2O. The highest BCUT2D eigenvalue weighted by Crippen LogP contribution is 2.20. The Hall–Kier alpha value is -1.81. The molecule has 88 valence electrons. The van der Waals surface area contributed by atoms with Crippen molar-refractivity contribution in [2.24, 2.45) is 0 Å². The smallest absolute Gasteiger partial charge is 0.152 e. The van der Waals surface area contributed by atoms with Crippen LogP contribution in [0.5, 0.6) is 5.75 Å². The normalized spacial score (nSPS) is 10.2. The molecule has 1 heterocycles. The van der Waals surface area contributed by atoms with Gasteiger partial charge in [0.05, 0.1) is 5.69 Å². The van der Waals surface area contributed by atoms with E-state index >= 15 is 0 Å². The first-order valence-electron chi connectivity index (χ1n) is 4.98. The highest BCUT2D eigenvalue weighted by atomic mass is 35.5. The highest BCUT2D eigenvalue weighted by Gasteiger charge is 2.02. The van der Waals surface area contributed by atoms with E-state index in [-0.39, 0.29) is 5.75 Å². The number of hydrogen-bond donors (Lipinski definition) is 2. The van der Waals surface area contributed by atoms with Crippen LogP contribution in [0.4, 0.5) is 10.1 Å². The van der Waals surface area contributed by atoms with Gasteiger partial charge in [0.25, 0.3) is 0 Å². The second-order valence-corrected chi connectivity index (χ2v) is 3.87. The predicted molar refractivity (Wildman–Crippen MR) is 64.6 cm³/mol. The molecule has 0 unspecified atom stereocenters. The average Bonchev–Trinajstić information content (AvgIpc) is 2.27. The van der Waals surface area contributed by atoms with E-state index in [1.807, 2.05) is 0 Å². The summed E-state index contributed by atoms with van der Waals surface area (Å²) in [5.41, 5.74) is 1.29. The standard InChI is InChI=1S/C12H10ClFN2O/c13-12-11(2-1-3-15-12)16-7-8-4-9(14)6-10(17)5-8/h1-6,16-17H,7H2. The third kappa shape index (κ3) is 3.07. The predicted octanol–water partition coefficient (Wildman–Crippen LogP) is 3.19. The Morgan fingerprint density at radius 2 is 2.18 bits per heavy atom. The molecule has 0 aliphatic carbocycles. The van der Waals surface area contributed by atoms with E-state index in [9.17, 15) is 9.50 Å². The van der Waals surface area contributed by atoms with Gasteiger partial charge < -0.3 is 10.4 Å². The summed E-state index contributed by atoms with van der Waals surface area (Å²) in [5.74, 6) is -0.571. The lowest BCUT2D eigenvalue weighted by Crippen LogP contribution is -2.00. The topological polar surface area (TPSA) is 45.1 Å². The van der Waals surface area contributed by atoms with Gasteiger partial charge in [-0.25, -0.2) is 9.37 Å². The number of phenolic OH excluding ortho intramolecular Hbond substituents is 1. The molecule has 0 fully saturated rings. The summed E-state index contributed by atoms with van der Waals surface area (Å²) in [6.07, 6.45) is 1.58. The van der Waals surface area contributed by atoms with Crippen LogP contribution >= 0.6 is 11.6 Å². The molecule has 0 amide bonds. The van der Waals surface area contributed by atoms with E-state index in [4.69, 9.17) is 11.6 Å². The number of nitrogens with one attached hydrogen (secondary N) is 1. The maximum Gasteiger partial charge on any atom is 0.152 e. The monoisotopic (exact) mass is 252 g/mol. The van der Waals surface area contributed by atoms with Gasteiger partial charge in [0.2, 0.25) is 0 Å². The summed E-state index contributed by atoms with van der Waals surface area (Å²) in [6, 6.07) is 7.41. The first-order valence-corrected chi connectivity index (χ1v) is 5.36. The number of aromatic nitrogens is 1. The number of phenols is 1. The maximum absolute atomic E-state index is 13.0. The molecule has 1 aromatic heterocycles. The lowest BCUT2D eigenvalue weighted by molar-refractivity contribution is 0.468. The van der Waals surface area contributed by atoms with Crippen LogP contribution in [0, 0.1) is 5.82 Å². The van der Waals surface area contributed by atoms with Gasteiger partial charge in [-0.05, 0) is 29.8 Å². The van der Waals surface area contributed by atoms with Crippen molar-refractivity contribution in [3.63, 3.8) is 0 Å². The third-order valence-corrected chi connectivity index (χ3v) is 2.49. The van der Waals surface area contributed by atoms with Crippen molar-refractivity contribution in [2.45, 2.75) is 6.54 Å². The van der Waals surface area contributed by atoms with Crippen LogP contribution in [-0.4, -0.2) is 10.1 Å². The number of nitrogens with zero attached hydrogens (tertiary/aromatic N) is 1. The minimum Gasteiger partial charge on any atom is -0.508 e. The Bertz CT molecular complexity index is 513. The van der Waals surface area contributed by atoms with E-state index in [0.29, 0.717) is 22.9 Å². The van der Waals surface area contributed by atoms with E-state index in [1.54, 1.807) is 18.3 Å². The largest absolute Gasteiger partial charge is 0.508 e. The van der Waals surface area contributed by atoms with Crippen LogP contribution in [0.2, 0.25) is 5.15 Å². The molecule has 0 bridgehead atoms. The quantitative estimate of drug-likeness (QED) is 0.825. The Kier molecular flexibility index (Phi) is 3.44. The number of anilines is 1. The molecule has 5 heteroatoms. The first kappa shape index (κ1) is 11.7. The van der Waals surface area contributed by atoms with Gasteiger partial charge in [-0.2, -0.15) is 0 Å². The summed E-state index contributed by atoms with van der Waals surface area (Å²) in [7, 11) is 0. The zero-order chi connectivity index (χ0) is 12.3. The minimum absolute atomic E-state index is 0.0981. The summed E-state index contributed by atoms with van der Waals surface area (Å²) >= 11 is 5.86. The van der Waals surface area contributed by atoms with Gasteiger partial charge in [0.1, 0.15) is 11.6 Å². The second kappa shape index (κ2) is 5.01. The fourth-order valence-corrected chi connectivity index (χ4v) is 1.64. The van der Waals surface area contributed by atoms with Gasteiger partial charge in [-0.3, -0.25) is 0 Å². The lowest BCUT2D eigenvalue weighted by atomic mass is 10.2. The average molecular weight is 253 g/mol. The number of pyridine rings is 1. The zero-order valence-electron chi connectivity index (χ0n) is 8.82. The van der Waals surface area contributed by atoms with Gasteiger partial charge in [-0.1, -0.05) is 11.6 Å². The number of halogens is 2. The highest BCUT2D eigenvalue weighted by molar-refractivity contribution is 6.31. The Morgan fingerprint density at radius 1 is 1.35 bits per heavy atom. The molecule has 2 aromatic rings. The molecular weight excluding hydrogens is 243 g/mol. The lowest BCUT2D eigenvalue weighted by Gasteiger charge is -2.08. The van der Waals surface area contributed by atoms with Crippen LogP contribution in [-0.2, 0) is 6.54 Å². The summed E-state index contributed by atoms with van der Waals surface area (Å²) < 4.78 is 13.0. The van der Waals surface area contributed by atoms with Gasteiger partial charge >= 0.3 is 0 Å². The molecule has 0 spiro atoms. The van der Waals surface area contributed by atoms with Crippen LogP contribution in [0.25, 0.3) is 0 Å². The molecule has 0 saturated heterocycles. The molecule has 2 N–H and O–H groups in total. The van der Waals surface area contributed by atoms with E-state index in [0.717, 1.165) is 6.07 Å². The van der Waals surface area contributed by atoms with Gasteiger partial charge in [-0.15, -0.1) is 0 Å². The van der Waals surface area contributed by atoms with Crippen LogP contribution < -0.4 is 5.32 Å². The van der Waals surface area contributed by atoms with E-state index in [1.165, 1.54) is 12.1 Å². The second-order valence-electron chi connectivity index (χ2n) is 3.51. The van der Waals surface area contributed by atoms with Gasteiger partial charge in [0.15, 0.2) is 5.15 Å². The Balaban J connectivity index is 2.10. The molecule has 0 saturated carbocycles. The first-order chi connectivity index (χ1) is 8.15. The molecule has 0 aliphatic heterocycles. The number of aromatic hydroxyl groups is 1. The third-order valence-electron chi connectivity index (χ3n) is 2.18. The van der Waals surface area contributed by atoms with E-state index in [2.05, 4.69) is 10.3 Å². The fraction of sp³-hybridized carbons (Fsp3) is 0.0833. The van der Waals surface area contributed by atoms with Crippen molar-refractivity contribution in [1.82, 2.24) is 4.98 Å². The van der Waals surface area contributed by atoms with Crippen molar-refractivity contribution >= 4 is 17.3 Å². The number of hydrogen-bond acceptors (Lipinski definition) is 3. The van der Waals surface area contributed by atoms with Gasteiger partial charge in [0, 0.05) is 18.8 Å². The van der Waals surface area contributed by atoms with Crippen LogP contribution in [0.3, 0.4) is 0 Å². The molecule has 17 heavy (non-hydrogen) atoms. The van der Waals surface area contributed by atoms with Crippen molar-refractivity contribution in [1.29, 1.82) is 0 Å². The van der Waals surface area contributed by atoms with Crippen molar-refractivity contribution in [2.75, 3.05) is 5.32 Å². The minimum atomic E-state index is -0.473. The zero-order valence-corrected chi connectivity index (χ0v) is 9.58. The maximum atomic E-state index is 13.0. The molecule has 2 rings (SSSR count).